The summed E-state index contributed by atoms with van der Waals surface area (Å²) in [7, 11) is 0. The van der Waals surface area contributed by atoms with E-state index in [-0.39, 0.29) is 0 Å². The average molecular weight is 254 g/mol. The Kier molecular flexibility index (Phi) is 3.55. The Morgan fingerprint density at radius 2 is 2.19 bits per heavy atom. The van der Waals surface area contributed by atoms with Crippen LogP contribution in [-0.4, -0.2) is 15.0 Å². The van der Waals surface area contributed by atoms with Gasteiger partial charge in [0.15, 0.2) is 0 Å². The molecule has 0 fully saturated rings. The van der Waals surface area contributed by atoms with Crippen molar-refractivity contribution in [2.45, 2.75) is 10.1 Å². The fraction of sp³-hybridized carbons (Fsp3) is 0. The Bertz CT molecular complexity index is 479. The van der Waals surface area contributed by atoms with Gasteiger partial charge >= 0.3 is 0 Å². The van der Waals surface area contributed by atoms with Gasteiger partial charge in [0, 0.05) is 6.20 Å². The van der Waals surface area contributed by atoms with Crippen molar-refractivity contribution < 1.29 is 0 Å². The van der Waals surface area contributed by atoms with Gasteiger partial charge in [-0.25, -0.2) is 20.8 Å². The van der Waals surface area contributed by atoms with Gasteiger partial charge in [-0.2, -0.15) is 0 Å². The van der Waals surface area contributed by atoms with E-state index in [4.69, 9.17) is 17.4 Å². The zero-order chi connectivity index (χ0) is 11.4. The molecule has 5 nitrogen and oxygen atoms in total. The molecule has 2 rings (SSSR count). The lowest BCUT2D eigenvalue weighted by atomic mass is 10.5. The third-order valence-electron chi connectivity index (χ3n) is 1.68. The van der Waals surface area contributed by atoms with Crippen LogP contribution in [0.25, 0.3) is 0 Å². The quantitative estimate of drug-likeness (QED) is 0.495. The van der Waals surface area contributed by atoms with Crippen molar-refractivity contribution in [3.8, 4) is 0 Å². The first kappa shape index (κ1) is 11.1. The largest absolute Gasteiger partial charge is 0.292 e. The van der Waals surface area contributed by atoms with Gasteiger partial charge in [0.1, 0.15) is 10.1 Å². The molecule has 2 heterocycles. The third kappa shape index (κ3) is 2.60. The summed E-state index contributed by atoms with van der Waals surface area (Å²) < 4.78 is 0. The molecule has 0 atom stereocenters. The minimum absolute atomic E-state index is 0.322. The van der Waals surface area contributed by atoms with Crippen LogP contribution in [0.2, 0.25) is 5.02 Å². The van der Waals surface area contributed by atoms with Crippen LogP contribution < -0.4 is 11.3 Å². The lowest BCUT2D eigenvalue weighted by molar-refractivity contribution is 1.02. The zero-order valence-electron chi connectivity index (χ0n) is 8.09. The van der Waals surface area contributed by atoms with E-state index >= 15 is 0 Å². The average Bonchev–Trinajstić information content (AvgIpc) is 2.33. The van der Waals surface area contributed by atoms with E-state index < -0.39 is 0 Å². The fourth-order valence-corrected chi connectivity index (χ4v) is 1.95. The first-order valence-electron chi connectivity index (χ1n) is 4.37. The number of pyridine rings is 1. The van der Waals surface area contributed by atoms with E-state index in [9.17, 15) is 0 Å². The highest BCUT2D eigenvalue weighted by molar-refractivity contribution is 7.99. The summed E-state index contributed by atoms with van der Waals surface area (Å²) in [6, 6.07) is 5.61. The molecule has 0 aliphatic carbocycles. The van der Waals surface area contributed by atoms with Gasteiger partial charge in [-0.15, -0.1) is 0 Å². The molecular weight excluding hydrogens is 246 g/mol. The molecule has 16 heavy (non-hydrogen) atoms. The maximum Gasteiger partial charge on any atom is 0.238 e. The van der Waals surface area contributed by atoms with Crippen LogP contribution in [0.4, 0.5) is 5.95 Å². The van der Waals surface area contributed by atoms with E-state index in [1.165, 1.54) is 18.0 Å². The second kappa shape index (κ2) is 5.11. The second-order valence-electron chi connectivity index (χ2n) is 2.76. The fourth-order valence-electron chi connectivity index (χ4n) is 0.999. The normalized spacial score (nSPS) is 10.1. The molecule has 0 radical (unpaired) electrons. The van der Waals surface area contributed by atoms with Gasteiger partial charge in [0.2, 0.25) is 5.95 Å². The van der Waals surface area contributed by atoms with E-state index in [0.29, 0.717) is 16.0 Å². The number of nitrogens with zero attached hydrogens (tertiary/aromatic N) is 3. The first-order chi connectivity index (χ1) is 7.79. The maximum atomic E-state index is 5.96. The van der Waals surface area contributed by atoms with Crippen LogP contribution in [0.15, 0.2) is 40.6 Å². The molecule has 0 unspecified atom stereocenters. The molecule has 0 saturated carbocycles. The Morgan fingerprint density at radius 3 is 2.88 bits per heavy atom. The highest BCUT2D eigenvalue weighted by Gasteiger charge is 2.07. The lowest BCUT2D eigenvalue weighted by Gasteiger charge is -2.04. The van der Waals surface area contributed by atoms with E-state index in [1.54, 1.807) is 6.20 Å². The molecule has 0 spiro atoms. The van der Waals surface area contributed by atoms with Crippen LogP contribution in [0.1, 0.15) is 0 Å². The predicted octanol–water partition coefficient (Wildman–Crippen LogP) is 1.96. The molecule has 0 aliphatic rings. The molecule has 2 aromatic heterocycles. The Morgan fingerprint density at radius 1 is 1.31 bits per heavy atom. The molecule has 0 amide bonds. The van der Waals surface area contributed by atoms with Crippen molar-refractivity contribution in [1.29, 1.82) is 0 Å². The van der Waals surface area contributed by atoms with E-state index in [0.717, 1.165) is 5.03 Å². The topological polar surface area (TPSA) is 76.7 Å². The summed E-state index contributed by atoms with van der Waals surface area (Å²) in [6.07, 6.45) is 3.20. The van der Waals surface area contributed by atoms with Gasteiger partial charge in [-0.05, 0) is 23.9 Å². The smallest absolute Gasteiger partial charge is 0.238 e. The molecular formula is C9H8ClN5S. The number of nitrogens with one attached hydrogen (secondary N) is 1. The zero-order valence-corrected chi connectivity index (χ0v) is 9.66. The number of nitrogens with two attached hydrogens (primary N) is 1. The van der Waals surface area contributed by atoms with Gasteiger partial charge < -0.3 is 0 Å². The first-order valence-corrected chi connectivity index (χ1v) is 5.57. The number of hydrazine groups is 1. The summed E-state index contributed by atoms with van der Waals surface area (Å²) in [5.41, 5.74) is 2.37. The number of hydrogen-bond donors (Lipinski definition) is 2. The molecule has 82 valence electrons. The Hall–Kier alpha value is -1.37. The van der Waals surface area contributed by atoms with Crippen molar-refractivity contribution in [3.63, 3.8) is 0 Å². The third-order valence-corrected chi connectivity index (χ3v) is 3.02. The van der Waals surface area contributed by atoms with Gasteiger partial charge in [0.05, 0.1) is 11.2 Å². The van der Waals surface area contributed by atoms with Crippen molar-refractivity contribution in [3.05, 3.63) is 35.6 Å². The molecule has 0 bridgehead atoms. The van der Waals surface area contributed by atoms with Gasteiger partial charge in [0.25, 0.3) is 0 Å². The summed E-state index contributed by atoms with van der Waals surface area (Å²) >= 11 is 7.31. The number of halogens is 1. The highest BCUT2D eigenvalue weighted by Crippen LogP contribution is 2.30. The van der Waals surface area contributed by atoms with Crippen LogP contribution in [0.3, 0.4) is 0 Å². The van der Waals surface area contributed by atoms with Crippen LogP contribution in [0, 0.1) is 0 Å². The second-order valence-corrected chi connectivity index (χ2v) is 4.18. The van der Waals surface area contributed by atoms with Crippen molar-refractivity contribution in [2.24, 2.45) is 5.84 Å². The van der Waals surface area contributed by atoms with Crippen LogP contribution >= 0.6 is 23.4 Å². The number of hydrogen-bond acceptors (Lipinski definition) is 6. The monoisotopic (exact) mass is 253 g/mol. The minimum Gasteiger partial charge on any atom is -0.292 e. The van der Waals surface area contributed by atoms with Crippen LogP contribution in [0.5, 0.6) is 0 Å². The molecule has 3 N–H and O–H groups in total. The summed E-state index contributed by atoms with van der Waals surface area (Å²) in [4.78, 5) is 12.2. The standard InChI is InChI=1S/C9H8ClN5S/c10-6-5-13-9(15-11)14-8(6)16-7-3-1-2-4-12-7/h1-5H,11H2,(H,13,14,15). The van der Waals surface area contributed by atoms with Crippen molar-refractivity contribution in [1.82, 2.24) is 15.0 Å². The molecule has 0 aromatic carbocycles. The number of aromatic nitrogens is 3. The Labute approximate surface area is 101 Å². The minimum atomic E-state index is 0.322. The van der Waals surface area contributed by atoms with Crippen molar-refractivity contribution >= 4 is 29.3 Å². The van der Waals surface area contributed by atoms with Gasteiger partial charge in [-0.3, -0.25) is 5.43 Å². The number of nitrogen functional groups attached to an aromatic ring is 1. The molecule has 2 aromatic rings. The predicted molar refractivity (Wildman–Crippen MR) is 63.2 cm³/mol. The summed E-state index contributed by atoms with van der Waals surface area (Å²) in [5, 5.41) is 1.89. The molecule has 0 saturated heterocycles. The molecule has 0 aliphatic heterocycles. The Balaban J connectivity index is 2.27. The number of rotatable bonds is 3. The maximum absolute atomic E-state index is 5.96. The van der Waals surface area contributed by atoms with E-state index in [1.807, 2.05) is 18.2 Å². The lowest BCUT2D eigenvalue weighted by Crippen LogP contribution is -2.10. The summed E-state index contributed by atoms with van der Waals surface area (Å²) in [6.45, 7) is 0. The number of anilines is 1. The van der Waals surface area contributed by atoms with E-state index in [2.05, 4.69) is 20.4 Å². The van der Waals surface area contributed by atoms with Gasteiger partial charge in [-0.1, -0.05) is 17.7 Å². The highest BCUT2D eigenvalue weighted by atomic mass is 35.5. The SMILES string of the molecule is NNc1ncc(Cl)c(Sc2ccccn2)n1. The summed E-state index contributed by atoms with van der Waals surface area (Å²) in [5.74, 6) is 5.54. The molecule has 7 heteroatoms. The van der Waals surface area contributed by atoms with Crippen LogP contribution in [-0.2, 0) is 0 Å². The van der Waals surface area contributed by atoms with Crippen molar-refractivity contribution in [2.75, 3.05) is 5.43 Å².